The molecule has 0 N–H and O–H groups in total. The molecule has 2 aromatic rings. The second-order valence-corrected chi connectivity index (χ2v) is 16.3. The molecule has 0 amide bonds. The first-order valence-electron chi connectivity index (χ1n) is 8.70. The summed E-state index contributed by atoms with van der Waals surface area (Å²) in [7, 11) is 0. The van der Waals surface area contributed by atoms with Crippen molar-refractivity contribution in [1.82, 2.24) is 0 Å². The van der Waals surface area contributed by atoms with E-state index in [1.807, 2.05) is 13.8 Å². The van der Waals surface area contributed by atoms with E-state index in [0.717, 1.165) is 0 Å². The van der Waals surface area contributed by atoms with E-state index in [1.54, 1.807) is 0 Å². The van der Waals surface area contributed by atoms with Crippen LogP contribution in [0.1, 0.15) is 25.0 Å². The normalized spacial score (nSPS) is 21.2. The van der Waals surface area contributed by atoms with Crippen LogP contribution in [0.15, 0.2) is 48.5 Å². The first kappa shape index (κ1) is 19.2. The molecule has 0 atom stereocenters. The average Bonchev–Trinajstić information content (AvgIpc) is 3.31. The third-order valence-corrected chi connectivity index (χ3v) is 16.4. The Hall–Kier alpha value is -0.141. The maximum absolute atomic E-state index is 5.91. The molecule has 0 aromatic heterocycles. The fourth-order valence-corrected chi connectivity index (χ4v) is 15.5. The van der Waals surface area contributed by atoms with Crippen LogP contribution in [0.25, 0.3) is 0 Å². The molecule has 0 unspecified atom stereocenters. The van der Waals surface area contributed by atoms with Gasteiger partial charge in [-0.15, -0.1) is 0 Å². The summed E-state index contributed by atoms with van der Waals surface area (Å²) in [5, 5.41) is 0. The van der Waals surface area contributed by atoms with Crippen LogP contribution in [-0.2, 0) is 30.5 Å². The summed E-state index contributed by atoms with van der Waals surface area (Å²) in [6, 6.07) is 17.3. The second-order valence-electron chi connectivity index (χ2n) is 6.44. The Morgan fingerprint density at radius 2 is 0.962 bits per heavy atom. The van der Waals surface area contributed by atoms with Crippen LogP contribution >= 0.6 is 0 Å². The Bertz CT molecular complexity index is 702. The van der Waals surface area contributed by atoms with Gasteiger partial charge in [-0.3, -0.25) is 0 Å². The van der Waals surface area contributed by atoms with E-state index in [1.165, 1.54) is 18.3 Å². The van der Waals surface area contributed by atoms with Gasteiger partial charge in [-0.05, 0) is 0 Å². The molecule has 2 saturated heterocycles. The summed E-state index contributed by atoms with van der Waals surface area (Å²) >= 11 is -0.662. The molecule has 4 nitrogen and oxygen atoms in total. The van der Waals surface area contributed by atoms with Crippen molar-refractivity contribution in [3.8, 4) is 0 Å². The van der Waals surface area contributed by atoms with Crippen molar-refractivity contribution in [2.45, 2.75) is 25.4 Å². The minimum absolute atomic E-state index is 0.331. The summed E-state index contributed by atoms with van der Waals surface area (Å²) in [4.78, 5) is 0. The molecular formula is C20H22O4Te2. The van der Waals surface area contributed by atoms with E-state index in [0.29, 0.717) is 26.4 Å². The summed E-state index contributed by atoms with van der Waals surface area (Å²) in [5.41, 5.74) is 2.42. The molecular weight excluding hydrogens is 559 g/mol. The SMILES string of the molecule is CC1(c2ccccc2[Te][Te]c2ccccc2C2(C)OCCO2)OCCO1. The quantitative estimate of drug-likeness (QED) is 0.501. The van der Waals surface area contributed by atoms with Crippen LogP contribution in [0.2, 0.25) is 0 Å². The molecule has 2 aliphatic heterocycles. The summed E-state index contributed by atoms with van der Waals surface area (Å²) in [6.45, 7) is 6.74. The van der Waals surface area contributed by atoms with Gasteiger partial charge in [0, 0.05) is 0 Å². The Labute approximate surface area is 170 Å². The zero-order valence-electron chi connectivity index (χ0n) is 14.9. The Balaban J connectivity index is 1.58. The van der Waals surface area contributed by atoms with Crippen molar-refractivity contribution in [2.75, 3.05) is 26.4 Å². The summed E-state index contributed by atoms with van der Waals surface area (Å²) < 4.78 is 26.5. The van der Waals surface area contributed by atoms with Crippen molar-refractivity contribution in [2.24, 2.45) is 0 Å². The fraction of sp³-hybridized carbons (Fsp3) is 0.400. The number of hydrogen-bond acceptors (Lipinski definition) is 4. The third-order valence-electron chi connectivity index (χ3n) is 4.65. The molecule has 0 bridgehead atoms. The number of benzene rings is 2. The van der Waals surface area contributed by atoms with Gasteiger partial charge in [0.05, 0.1) is 0 Å². The summed E-state index contributed by atoms with van der Waals surface area (Å²) in [5.74, 6) is -1.17. The first-order valence-corrected chi connectivity index (χ1v) is 18.4. The van der Waals surface area contributed by atoms with Gasteiger partial charge in [0.25, 0.3) is 0 Å². The van der Waals surface area contributed by atoms with E-state index in [2.05, 4.69) is 48.5 Å². The minimum atomic E-state index is -0.586. The van der Waals surface area contributed by atoms with Crippen LogP contribution in [0, 0.1) is 0 Å². The van der Waals surface area contributed by atoms with Gasteiger partial charge in [-0.2, -0.15) is 0 Å². The zero-order chi connectivity index (χ0) is 18.0. The number of rotatable bonds is 5. The van der Waals surface area contributed by atoms with Gasteiger partial charge in [0.15, 0.2) is 0 Å². The maximum atomic E-state index is 5.91. The van der Waals surface area contributed by atoms with Crippen molar-refractivity contribution in [3.05, 3.63) is 59.7 Å². The molecule has 0 saturated carbocycles. The van der Waals surface area contributed by atoms with Crippen LogP contribution in [0.4, 0.5) is 0 Å². The Kier molecular flexibility index (Phi) is 5.96. The van der Waals surface area contributed by atoms with Gasteiger partial charge in [0.1, 0.15) is 0 Å². The van der Waals surface area contributed by atoms with E-state index in [9.17, 15) is 0 Å². The second kappa shape index (κ2) is 8.08. The van der Waals surface area contributed by atoms with Gasteiger partial charge in [-0.25, -0.2) is 0 Å². The standard InChI is InChI=1S/C20H22O4Te2/c1-19(21-11-12-22-19)15-7-3-5-9-17(15)25-26-18-10-6-4-8-16(18)20(2)23-13-14-24-20/h3-10H,11-14H2,1-2H3. The van der Waals surface area contributed by atoms with Crippen LogP contribution < -0.4 is 7.22 Å². The number of ether oxygens (including phenoxy) is 4. The first-order chi connectivity index (χ1) is 12.6. The van der Waals surface area contributed by atoms with Crippen LogP contribution in [0.5, 0.6) is 0 Å². The predicted octanol–water partition coefficient (Wildman–Crippen LogP) is 1.40. The molecule has 2 aliphatic rings. The van der Waals surface area contributed by atoms with Crippen molar-refractivity contribution < 1.29 is 18.9 Å². The van der Waals surface area contributed by atoms with Crippen molar-refractivity contribution in [1.29, 1.82) is 0 Å². The monoisotopic (exact) mass is 586 g/mol. The topological polar surface area (TPSA) is 36.9 Å². The molecule has 0 aliphatic carbocycles. The molecule has 6 heteroatoms. The van der Waals surface area contributed by atoms with Crippen molar-refractivity contribution in [3.63, 3.8) is 0 Å². The molecule has 2 heterocycles. The van der Waals surface area contributed by atoms with E-state index < -0.39 is 11.6 Å². The van der Waals surface area contributed by atoms with E-state index >= 15 is 0 Å². The summed E-state index contributed by atoms with van der Waals surface area (Å²) in [6.07, 6.45) is 0. The molecule has 0 spiro atoms. The number of hydrogen-bond donors (Lipinski definition) is 0. The third kappa shape index (κ3) is 3.86. The molecule has 2 aromatic carbocycles. The van der Waals surface area contributed by atoms with Gasteiger partial charge in [-0.1, -0.05) is 0 Å². The average molecular weight is 582 g/mol. The molecule has 0 radical (unpaired) electrons. The molecule has 138 valence electrons. The van der Waals surface area contributed by atoms with Gasteiger partial charge in [0.2, 0.25) is 0 Å². The van der Waals surface area contributed by atoms with E-state index in [-0.39, 0.29) is 34.1 Å². The molecule has 2 fully saturated rings. The van der Waals surface area contributed by atoms with Crippen molar-refractivity contribution >= 4 is 41.3 Å². The zero-order valence-corrected chi connectivity index (χ0v) is 19.6. The predicted molar refractivity (Wildman–Crippen MR) is 102 cm³/mol. The van der Waals surface area contributed by atoms with Crippen LogP contribution in [0.3, 0.4) is 0 Å². The van der Waals surface area contributed by atoms with Gasteiger partial charge < -0.3 is 0 Å². The van der Waals surface area contributed by atoms with E-state index in [4.69, 9.17) is 18.9 Å². The Morgan fingerprint density at radius 3 is 1.35 bits per heavy atom. The molecule has 26 heavy (non-hydrogen) atoms. The fourth-order valence-electron chi connectivity index (χ4n) is 3.26. The van der Waals surface area contributed by atoms with Crippen LogP contribution in [-0.4, -0.2) is 60.5 Å². The van der Waals surface area contributed by atoms with Gasteiger partial charge >= 0.3 is 172 Å². The molecule has 4 rings (SSSR count). The Morgan fingerprint density at radius 1 is 0.615 bits per heavy atom.